The average Bonchev–Trinajstić information content (AvgIpc) is 3.39. The maximum atomic E-state index is 12.3. The molecule has 1 fully saturated rings. The lowest BCUT2D eigenvalue weighted by Gasteiger charge is -2.15. The second-order valence-electron chi connectivity index (χ2n) is 10.0. The first kappa shape index (κ1) is 25.8. The number of rotatable bonds is 17. The van der Waals surface area contributed by atoms with Crippen molar-refractivity contribution < 1.29 is 4.79 Å². The van der Waals surface area contributed by atoms with Crippen molar-refractivity contribution in [3.8, 4) is 0 Å². The molecule has 1 amide bonds. The molecule has 3 rings (SSSR count). The lowest BCUT2D eigenvalue weighted by molar-refractivity contribution is -0.127. The van der Waals surface area contributed by atoms with Crippen molar-refractivity contribution in [1.82, 2.24) is 14.5 Å². The first-order valence-electron chi connectivity index (χ1n) is 14.0. The van der Waals surface area contributed by atoms with Crippen molar-refractivity contribution in [2.45, 2.75) is 123 Å². The fourth-order valence-electron chi connectivity index (χ4n) is 5.36. The van der Waals surface area contributed by atoms with Gasteiger partial charge in [-0.15, -0.1) is 0 Å². The van der Waals surface area contributed by atoms with Crippen molar-refractivity contribution in [3.05, 3.63) is 30.1 Å². The van der Waals surface area contributed by atoms with E-state index in [4.69, 9.17) is 4.98 Å². The highest BCUT2D eigenvalue weighted by atomic mass is 16.2. The zero-order chi connectivity index (χ0) is 23.3. The monoisotopic (exact) mass is 453 g/mol. The smallest absolute Gasteiger partial charge is 0.223 e. The summed E-state index contributed by atoms with van der Waals surface area (Å²) in [6, 6.07) is 8.46. The van der Waals surface area contributed by atoms with Gasteiger partial charge in [0.05, 0.1) is 11.0 Å². The number of nitrogens with zero attached hydrogens (tertiary/aromatic N) is 3. The van der Waals surface area contributed by atoms with Crippen molar-refractivity contribution in [2.24, 2.45) is 0 Å². The first-order valence-corrected chi connectivity index (χ1v) is 14.0. The number of aromatic nitrogens is 2. The molecule has 1 unspecified atom stereocenters. The third-order valence-electron chi connectivity index (χ3n) is 7.38. The minimum atomic E-state index is 0.233. The largest absolute Gasteiger partial charge is 0.342 e. The summed E-state index contributed by atoms with van der Waals surface area (Å²) in [5.74, 6) is 1.63. The van der Waals surface area contributed by atoms with Crippen LogP contribution in [0.4, 0.5) is 0 Å². The maximum Gasteiger partial charge on any atom is 0.223 e. The number of amides is 1. The van der Waals surface area contributed by atoms with Gasteiger partial charge < -0.3 is 9.47 Å². The number of fused-ring (bicyclic) bond motifs is 1. The minimum absolute atomic E-state index is 0.233. The highest BCUT2D eigenvalue weighted by Crippen LogP contribution is 2.30. The molecule has 4 nitrogen and oxygen atoms in total. The molecule has 1 atom stereocenters. The molecule has 1 aliphatic heterocycles. The number of unbranched alkanes of at least 4 members (excludes halogenated alkanes) is 13. The van der Waals surface area contributed by atoms with Gasteiger partial charge in [0.2, 0.25) is 5.91 Å². The van der Waals surface area contributed by atoms with Gasteiger partial charge in [0.15, 0.2) is 0 Å². The van der Waals surface area contributed by atoms with Crippen molar-refractivity contribution >= 4 is 16.9 Å². The highest BCUT2D eigenvalue weighted by Gasteiger charge is 2.32. The normalized spacial score (nSPS) is 16.4. The summed E-state index contributed by atoms with van der Waals surface area (Å²) in [6.07, 6.45) is 20.0. The van der Waals surface area contributed by atoms with Crippen LogP contribution in [-0.2, 0) is 11.3 Å². The highest BCUT2D eigenvalue weighted by molar-refractivity contribution is 5.80. The van der Waals surface area contributed by atoms with E-state index in [-0.39, 0.29) is 11.8 Å². The molecule has 33 heavy (non-hydrogen) atoms. The van der Waals surface area contributed by atoms with Crippen LogP contribution >= 0.6 is 0 Å². The second-order valence-corrected chi connectivity index (χ2v) is 10.0. The van der Waals surface area contributed by atoms with E-state index in [0.717, 1.165) is 31.0 Å². The predicted molar refractivity (Wildman–Crippen MR) is 140 cm³/mol. The zero-order valence-corrected chi connectivity index (χ0v) is 21.4. The molecule has 1 aromatic carbocycles. The van der Waals surface area contributed by atoms with E-state index in [1.54, 1.807) is 0 Å². The number of aryl methyl sites for hydroxylation is 1. The number of imidazole rings is 1. The summed E-state index contributed by atoms with van der Waals surface area (Å²) in [7, 11) is 0. The number of para-hydroxylation sites is 2. The number of likely N-dealkylation sites (N-methyl/N-ethyl adjacent to an activating group) is 1. The fourth-order valence-corrected chi connectivity index (χ4v) is 5.36. The van der Waals surface area contributed by atoms with Crippen LogP contribution in [0.1, 0.15) is 122 Å². The lowest BCUT2D eigenvalue weighted by atomic mass is 10.0. The summed E-state index contributed by atoms with van der Waals surface area (Å²) < 4.78 is 2.41. The minimum Gasteiger partial charge on any atom is -0.342 e. The van der Waals surface area contributed by atoms with Gasteiger partial charge in [-0.1, -0.05) is 103 Å². The van der Waals surface area contributed by atoms with E-state index in [1.807, 2.05) is 4.90 Å². The molecule has 1 aromatic heterocycles. The Labute approximate surface area is 202 Å². The Balaban J connectivity index is 1.35. The number of carbonyl (C=O) groups excluding carboxylic acids is 1. The van der Waals surface area contributed by atoms with Crippen LogP contribution in [0.2, 0.25) is 0 Å². The summed E-state index contributed by atoms with van der Waals surface area (Å²) in [5.41, 5.74) is 2.30. The number of hydrogen-bond acceptors (Lipinski definition) is 2. The quantitative estimate of drug-likeness (QED) is 0.229. The molecule has 0 spiro atoms. The Morgan fingerprint density at radius 2 is 1.39 bits per heavy atom. The summed E-state index contributed by atoms with van der Waals surface area (Å²) in [6.45, 7) is 6.99. The van der Waals surface area contributed by atoms with Crippen LogP contribution in [0.5, 0.6) is 0 Å². The molecule has 2 aromatic rings. The third kappa shape index (κ3) is 7.86. The van der Waals surface area contributed by atoms with Gasteiger partial charge in [-0.05, 0) is 25.5 Å². The summed E-state index contributed by atoms with van der Waals surface area (Å²) in [5, 5.41) is 0. The van der Waals surface area contributed by atoms with Gasteiger partial charge in [-0.3, -0.25) is 4.79 Å². The van der Waals surface area contributed by atoms with Gasteiger partial charge in [0.1, 0.15) is 5.82 Å². The first-order chi connectivity index (χ1) is 16.2. The predicted octanol–water partition coefficient (Wildman–Crippen LogP) is 7.85. The molecule has 2 heterocycles. The third-order valence-corrected chi connectivity index (χ3v) is 7.38. The molecular formula is C29H47N3O. The molecule has 4 heteroatoms. The lowest BCUT2D eigenvalue weighted by Crippen LogP contribution is -2.24. The Bertz CT molecular complexity index is 827. The van der Waals surface area contributed by atoms with Crippen LogP contribution in [0.25, 0.3) is 11.0 Å². The van der Waals surface area contributed by atoms with Gasteiger partial charge in [-0.25, -0.2) is 4.98 Å². The van der Waals surface area contributed by atoms with Crippen LogP contribution in [0.15, 0.2) is 24.3 Å². The van der Waals surface area contributed by atoms with E-state index >= 15 is 0 Å². The Morgan fingerprint density at radius 3 is 1.97 bits per heavy atom. The van der Waals surface area contributed by atoms with Crippen molar-refractivity contribution in [2.75, 3.05) is 13.1 Å². The molecule has 184 valence electrons. The zero-order valence-electron chi connectivity index (χ0n) is 21.4. The SMILES string of the molecule is CCCCCCCCCCCCCCCCn1c(C2CC(=O)N(CC)C2)nc2ccccc21. The van der Waals surface area contributed by atoms with Gasteiger partial charge in [0, 0.05) is 32.0 Å². The van der Waals surface area contributed by atoms with E-state index in [1.165, 1.54) is 95.4 Å². The topological polar surface area (TPSA) is 38.1 Å². The van der Waals surface area contributed by atoms with E-state index in [2.05, 4.69) is 42.7 Å². The van der Waals surface area contributed by atoms with Gasteiger partial charge in [0.25, 0.3) is 0 Å². The molecule has 0 aliphatic carbocycles. The fraction of sp³-hybridized carbons (Fsp3) is 0.724. The van der Waals surface area contributed by atoms with Gasteiger partial charge >= 0.3 is 0 Å². The van der Waals surface area contributed by atoms with E-state index in [9.17, 15) is 4.79 Å². The molecule has 0 bridgehead atoms. The van der Waals surface area contributed by atoms with Crippen molar-refractivity contribution in [3.63, 3.8) is 0 Å². The van der Waals surface area contributed by atoms with E-state index in [0.29, 0.717) is 6.42 Å². The maximum absolute atomic E-state index is 12.3. The van der Waals surface area contributed by atoms with Crippen LogP contribution in [0, 0.1) is 0 Å². The Hall–Kier alpha value is -1.84. The molecule has 1 saturated heterocycles. The number of hydrogen-bond donors (Lipinski definition) is 0. The molecule has 0 N–H and O–H groups in total. The Morgan fingerprint density at radius 1 is 0.818 bits per heavy atom. The number of likely N-dealkylation sites (tertiary alicyclic amines) is 1. The number of carbonyl (C=O) groups is 1. The summed E-state index contributed by atoms with van der Waals surface area (Å²) >= 11 is 0. The molecule has 0 saturated carbocycles. The van der Waals surface area contributed by atoms with Crippen molar-refractivity contribution in [1.29, 1.82) is 0 Å². The van der Waals surface area contributed by atoms with Gasteiger partial charge in [-0.2, -0.15) is 0 Å². The standard InChI is InChI=1S/C29H47N3O/c1-3-5-6-7-8-9-10-11-12-13-14-15-16-19-22-32-27-21-18-17-20-26(27)30-29(32)25-23-28(33)31(4-2)24-25/h17-18,20-21,25H,3-16,19,22-24H2,1-2H3. The Kier molecular flexibility index (Phi) is 11.3. The van der Waals surface area contributed by atoms with Crippen LogP contribution in [-0.4, -0.2) is 33.4 Å². The van der Waals surface area contributed by atoms with E-state index < -0.39 is 0 Å². The average molecular weight is 454 g/mol. The molecular weight excluding hydrogens is 406 g/mol. The molecule has 0 radical (unpaired) electrons. The number of benzene rings is 1. The second kappa shape index (κ2) is 14.4. The summed E-state index contributed by atoms with van der Waals surface area (Å²) in [4.78, 5) is 19.2. The van der Waals surface area contributed by atoms with Crippen LogP contribution < -0.4 is 0 Å². The molecule has 1 aliphatic rings. The van der Waals surface area contributed by atoms with Crippen LogP contribution in [0.3, 0.4) is 0 Å².